The molecule has 4 N–H and O–H groups in total. The zero-order valence-electron chi connectivity index (χ0n) is 23.2. The minimum Gasteiger partial charge on any atom is -0.382 e. The molecule has 244 valence electrons. The highest BCUT2D eigenvalue weighted by atomic mass is 32.7. The molecule has 9 rings (SSSR count). The summed E-state index contributed by atoms with van der Waals surface area (Å²) in [6, 6.07) is 0. The first kappa shape index (κ1) is 29.7. The van der Waals surface area contributed by atoms with Crippen LogP contribution in [0.1, 0.15) is 12.5 Å². The van der Waals surface area contributed by atoms with Crippen LogP contribution in [0.2, 0.25) is 0 Å². The van der Waals surface area contributed by atoms with Crippen LogP contribution in [-0.4, -0.2) is 101 Å². The maximum Gasteiger partial charge on any atom is 0.386 e. The average molecular weight is 715 g/mol. The highest BCUT2D eigenvalue weighted by Crippen LogP contribution is 2.65. The molecule has 9 heterocycles. The molecule has 5 aliphatic heterocycles. The van der Waals surface area contributed by atoms with Gasteiger partial charge in [-0.05, 0) is 0 Å². The van der Waals surface area contributed by atoms with Gasteiger partial charge in [-0.2, -0.15) is 0 Å². The lowest BCUT2D eigenvalue weighted by Gasteiger charge is -2.35. The van der Waals surface area contributed by atoms with Gasteiger partial charge in [-0.1, -0.05) is 24.5 Å². The van der Waals surface area contributed by atoms with Crippen molar-refractivity contribution in [3.63, 3.8) is 0 Å². The lowest BCUT2D eigenvalue weighted by atomic mass is 10.0. The van der Waals surface area contributed by atoms with E-state index in [9.17, 15) is 9.13 Å². The van der Waals surface area contributed by atoms with E-state index in [4.69, 9.17) is 48.5 Å². The molecular weight excluding hydrogens is 690 g/mol. The number of nitrogens with two attached hydrogens (primary N) is 2. The third kappa shape index (κ3) is 4.33. The minimum atomic E-state index is -4.18. The molecule has 0 unspecified atom stereocenters. The van der Waals surface area contributed by atoms with E-state index in [2.05, 4.69) is 54.4 Å². The lowest BCUT2D eigenvalue weighted by Crippen LogP contribution is -2.48. The van der Waals surface area contributed by atoms with Crippen LogP contribution in [-0.2, 0) is 46.2 Å². The highest BCUT2D eigenvalue weighted by Gasteiger charge is 2.68. The summed E-state index contributed by atoms with van der Waals surface area (Å²) in [5.74, 6) is 0.342. The molecule has 4 bridgehead atoms. The van der Waals surface area contributed by atoms with Gasteiger partial charge in [0.2, 0.25) is 0 Å². The molecule has 0 saturated carbocycles. The Balaban J connectivity index is 1.05. The molecule has 4 aromatic rings. The largest absolute Gasteiger partial charge is 0.386 e. The van der Waals surface area contributed by atoms with Gasteiger partial charge in [-0.25, -0.2) is 39.0 Å². The molecule has 46 heavy (non-hydrogen) atoms. The van der Waals surface area contributed by atoms with Crippen molar-refractivity contribution in [2.24, 2.45) is 0 Å². The van der Waals surface area contributed by atoms with Crippen LogP contribution in [0, 0.1) is 0 Å². The molecule has 0 aliphatic carbocycles. The minimum absolute atomic E-state index is 0.0763. The zero-order valence-corrected chi connectivity index (χ0v) is 26.8. The molecule has 20 nitrogen and oxygen atoms in total. The van der Waals surface area contributed by atoms with Crippen LogP contribution in [0.4, 0.5) is 11.6 Å². The van der Waals surface area contributed by atoms with Crippen molar-refractivity contribution in [1.82, 2.24) is 39.0 Å². The number of hydrogen-bond donors (Lipinski definition) is 4. The van der Waals surface area contributed by atoms with Crippen molar-refractivity contribution < 1.29 is 46.2 Å². The first-order valence-corrected chi connectivity index (χ1v) is 19.1. The number of hydrogen-bond acceptors (Lipinski definition) is 18. The van der Waals surface area contributed by atoms with Crippen molar-refractivity contribution >= 4 is 72.1 Å². The molecule has 4 aromatic heterocycles. The molecule has 5 saturated heterocycles. The Labute approximate surface area is 268 Å². The van der Waals surface area contributed by atoms with E-state index in [1.807, 2.05) is 0 Å². The van der Waals surface area contributed by atoms with Gasteiger partial charge in [-0.3, -0.25) is 27.2 Å². The number of thiol groups is 2. The van der Waals surface area contributed by atoms with Gasteiger partial charge in [0.25, 0.3) is 0 Å². The van der Waals surface area contributed by atoms with Crippen LogP contribution in [0.5, 0.6) is 0 Å². The second-order valence-electron chi connectivity index (χ2n) is 11.4. The molecule has 0 amide bonds. The summed E-state index contributed by atoms with van der Waals surface area (Å²) >= 11 is 8.58. The van der Waals surface area contributed by atoms with Gasteiger partial charge < -0.3 is 30.4 Å². The Morgan fingerprint density at radius 2 is 1.13 bits per heavy atom. The zero-order chi connectivity index (χ0) is 31.6. The topological polar surface area (TPSA) is 247 Å². The summed E-state index contributed by atoms with van der Waals surface area (Å²) in [5, 5.41) is 0. The van der Waals surface area contributed by atoms with Crippen molar-refractivity contribution in [1.29, 1.82) is 0 Å². The van der Waals surface area contributed by atoms with E-state index >= 15 is 0 Å². The van der Waals surface area contributed by atoms with E-state index in [1.54, 1.807) is 9.13 Å². The van der Waals surface area contributed by atoms with E-state index in [1.165, 1.54) is 25.3 Å². The summed E-state index contributed by atoms with van der Waals surface area (Å²) in [4.78, 5) is 25.1. The number of fused-ring (bicyclic) bond motifs is 2. The van der Waals surface area contributed by atoms with Crippen molar-refractivity contribution in [2.75, 3.05) is 37.9 Å². The first-order chi connectivity index (χ1) is 22.0. The SMILES string of the molecule is Nc1ncnc2c1ncn2[C@@H]1O[C@@]23CO[C@@H]1[C@@H]2O[P@@](=O)(S)OC[C@@]12CO[C@@H]([C@H](n4cnc5c(N)ncnc54)O1)[C@@H]2O[P@](=O)(S)OC3. The van der Waals surface area contributed by atoms with Gasteiger partial charge >= 0.3 is 13.6 Å². The van der Waals surface area contributed by atoms with Gasteiger partial charge in [0.15, 0.2) is 35.4 Å². The summed E-state index contributed by atoms with van der Waals surface area (Å²) < 4.78 is 79.6. The van der Waals surface area contributed by atoms with Crippen LogP contribution in [0.25, 0.3) is 22.3 Å². The standard InChI is InChI=1S/C22H24N10O10P2S2/c23-15-9-17(27-5-25-15)31(7-29-9)19-11-13-21(39-19,1-35-11)3-37-43(33,45)42-14-12-20(32-8-30-10-16(24)26-6-28-18(10)32)40-22(14,2-36-12)4-38-44(34,46)41-13/h5-8,11-14,19-20H,1-4H2,(H,33,45)(H,34,46)(H2,23,25,27)(H2,24,26,28)/t11-,12-,13+,14+,19-,20-,21-,22-,43-,44+/m1/s1. The second-order valence-corrected chi connectivity index (χ2v) is 17.2. The predicted octanol–water partition coefficient (Wildman–Crippen LogP) is 1.06. The van der Waals surface area contributed by atoms with E-state index in [0.717, 1.165) is 0 Å². The van der Waals surface area contributed by atoms with E-state index in [-0.39, 0.29) is 24.8 Å². The quantitative estimate of drug-likeness (QED) is 0.167. The fourth-order valence-electron chi connectivity index (χ4n) is 6.59. The third-order valence-corrected chi connectivity index (χ3v) is 11.9. The lowest BCUT2D eigenvalue weighted by molar-refractivity contribution is -0.186. The Hall–Kier alpha value is -2.46. The number of anilines is 2. The number of nitrogen functional groups attached to an aromatic ring is 2. The number of rotatable bonds is 2. The Morgan fingerprint density at radius 3 is 1.57 bits per heavy atom. The molecule has 0 spiro atoms. The molecule has 0 radical (unpaired) electrons. The van der Waals surface area contributed by atoms with Gasteiger partial charge in [0.05, 0.1) is 39.1 Å². The van der Waals surface area contributed by atoms with Crippen molar-refractivity contribution in [2.45, 2.75) is 48.1 Å². The van der Waals surface area contributed by atoms with Crippen molar-refractivity contribution in [3.05, 3.63) is 25.3 Å². The smallest absolute Gasteiger partial charge is 0.382 e. The number of imidazole rings is 2. The average Bonchev–Trinajstić information content (AvgIpc) is 3.86. The van der Waals surface area contributed by atoms with Gasteiger partial charge in [-0.15, -0.1) is 0 Å². The monoisotopic (exact) mass is 714 g/mol. The fraction of sp³-hybridized carbons (Fsp3) is 0.545. The number of aromatic nitrogens is 8. The summed E-state index contributed by atoms with van der Waals surface area (Å²) in [6.07, 6.45) is -0.188. The van der Waals surface area contributed by atoms with Crippen LogP contribution >= 0.6 is 38.1 Å². The van der Waals surface area contributed by atoms with Crippen LogP contribution in [0.3, 0.4) is 0 Å². The molecule has 10 atom stereocenters. The van der Waals surface area contributed by atoms with Crippen LogP contribution in [0.15, 0.2) is 25.3 Å². The molecular formula is C22H24N10O10P2S2. The Kier molecular flexibility index (Phi) is 6.47. The maximum absolute atomic E-state index is 13.8. The highest BCUT2D eigenvalue weighted by molar-refractivity contribution is 8.44. The molecule has 0 aromatic carbocycles. The second kappa shape index (κ2) is 10.0. The predicted molar refractivity (Wildman–Crippen MR) is 159 cm³/mol. The summed E-state index contributed by atoms with van der Waals surface area (Å²) in [6.45, 7) is -9.31. The first-order valence-electron chi connectivity index (χ1n) is 13.7. The molecule has 5 aliphatic rings. The van der Waals surface area contributed by atoms with E-state index in [0.29, 0.717) is 22.3 Å². The third-order valence-electron chi connectivity index (χ3n) is 8.71. The summed E-state index contributed by atoms with van der Waals surface area (Å²) in [5.41, 5.74) is 10.5. The Morgan fingerprint density at radius 1 is 0.696 bits per heavy atom. The molecule has 5 fully saturated rings. The maximum atomic E-state index is 13.8. The molecule has 24 heteroatoms. The summed E-state index contributed by atoms with van der Waals surface area (Å²) in [7, 11) is 0. The number of nitrogens with zero attached hydrogens (tertiary/aromatic N) is 8. The van der Waals surface area contributed by atoms with E-state index < -0.39 is 74.9 Å². The normalized spacial score (nSPS) is 42.2. The van der Waals surface area contributed by atoms with Gasteiger partial charge in [0.1, 0.15) is 59.3 Å². The van der Waals surface area contributed by atoms with Crippen LogP contribution < -0.4 is 11.5 Å². The Bertz CT molecular complexity index is 1860. The van der Waals surface area contributed by atoms with Crippen molar-refractivity contribution in [3.8, 4) is 0 Å². The van der Waals surface area contributed by atoms with Gasteiger partial charge in [0, 0.05) is 0 Å². The number of ether oxygens (including phenoxy) is 4. The fourth-order valence-corrected chi connectivity index (χ4v) is 9.63.